The monoisotopic (exact) mass is 383 g/mol. The number of rotatable bonds is 6. The first-order valence-corrected chi connectivity index (χ1v) is 9.68. The van der Waals surface area contributed by atoms with E-state index in [0.717, 1.165) is 55.5 Å². The van der Waals surface area contributed by atoms with Crippen LogP contribution in [0.4, 0.5) is 10.5 Å². The lowest BCUT2D eigenvalue weighted by atomic mass is 10.1. The third-order valence-electron chi connectivity index (χ3n) is 5.24. The number of carbonyl (C=O) groups is 1. The summed E-state index contributed by atoms with van der Waals surface area (Å²) in [5, 5.41) is 3.04. The highest BCUT2D eigenvalue weighted by atomic mass is 16.5. The van der Waals surface area contributed by atoms with E-state index in [2.05, 4.69) is 23.2 Å². The molecule has 0 aromatic heterocycles. The number of ether oxygens (including phenoxy) is 2. The lowest BCUT2D eigenvalue weighted by molar-refractivity contribution is 0.132. The van der Waals surface area contributed by atoms with Crippen LogP contribution in [0.25, 0.3) is 0 Å². The number of urea groups is 1. The Balaban J connectivity index is 1.40. The molecule has 0 atom stereocenters. The van der Waals surface area contributed by atoms with Crippen molar-refractivity contribution < 1.29 is 14.3 Å². The first kappa shape index (κ1) is 20.0. The van der Waals surface area contributed by atoms with Crippen molar-refractivity contribution in [3.05, 3.63) is 53.6 Å². The van der Waals surface area contributed by atoms with Crippen LogP contribution in [0.1, 0.15) is 11.1 Å². The number of hydrogen-bond acceptors (Lipinski definition) is 4. The van der Waals surface area contributed by atoms with Crippen LogP contribution >= 0.6 is 0 Å². The number of nitrogens with one attached hydrogen (secondary N) is 1. The first-order chi connectivity index (χ1) is 13.6. The summed E-state index contributed by atoms with van der Waals surface area (Å²) in [6, 6.07) is 13.6. The Morgan fingerprint density at radius 1 is 1.00 bits per heavy atom. The van der Waals surface area contributed by atoms with Crippen molar-refractivity contribution >= 4 is 11.7 Å². The molecule has 0 saturated carbocycles. The predicted octanol–water partition coefficient (Wildman–Crippen LogP) is 3.54. The van der Waals surface area contributed by atoms with E-state index in [-0.39, 0.29) is 6.03 Å². The molecule has 1 aliphatic rings. The number of amides is 2. The second-order valence-corrected chi connectivity index (χ2v) is 7.03. The van der Waals surface area contributed by atoms with E-state index in [1.54, 1.807) is 7.11 Å². The topological polar surface area (TPSA) is 54.0 Å². The molecule has 0 unspecified atom stereocenters. The molecule has 0 spiro atoms. The summed E-state index contributed by atoms with van der Waals surface area (Å²) in [5.74, 6) is 1.66. The third-order valence-corrected chi connectivity index (χ3v) is 5.24. The maximum Gasteiger partial charge on any atom is 0.321 e. The van der Waals surface area contributed by atoms with E-state index < -0.39 is 0 Å². The minimum Gasteiger partial charge on any atom is -0.497 e. The van der Waals surface area contributed by atoms with Gasteiger partial charge in [-0.15, -0.1) is 0 Å². The normalized spacial score (nSPS) is 14.6. The van der Waals surface area contributed by atoms with Gasteiger partial charge < -0.3 is 19.7 Å². The third kappa shape index (κ3) is 5.16. The number of hydrogen-bond donors (Lipinski definition) is 1. The van der Waals surface area contributed by atoms with E-state index in [1.165, 1.54) is 5.56 Å². The minimum absolute atomic E-state index is 0.0252. The summed E-state index contributed by atoms with van der Waals surface area (Å²) < 4.78 is 10.9. The predicted molar refractivity (Wildman–Crippen MR) is 111 cm³/mol. The fraction of sp³-hybridized carbons (Fsp3) is 0.409. The molecule has 2 aromatic carbocycles. The zero-order chi connectivity index (χ0) is 19.9. The fourth-order valence-electron chi connectivity index (χ4n) is 3.22. The van der Waals surface area contributed by atoms with Crippen LogP contribution in [0.15, 0.2) is 42.5 Å². The van der Waals surface area contributed by atoms with Crippen molar-refractivity contribution in [3.63, 3.8) is 0 Å². The molecule has 1 saturated heterocycles. The molecule has 3 rings (SSSR count). The van der Waals surface area contributed by atoms with Gasteiger partial charge in [-0.1, -0.05) is 12.1 Å². The van der Waals surface area contributed by atoms with Crippen LogP contribution in [0.2, 0.25) is 0 Å². The average molecular weight is 383 g/mol. The van der Waals surface area contributed by atoms with Gasteiger partial charge in [0.05, 0.1) is 7.11 Å². The van der Waals surface area contributed by atoms with E-state index in [9.17, 15) is 4.79 Å². The molecule has 0 aliphatic carbocycles. The van der Waals surface area contributed by atoms with E-state index in [0.29, 0.717) is 6.61 Å². The second-order valence-electron chi connectivity index (χ2n) is 7.03. The van der Waals surface area contributed by atoms with Gasteiger partial charge in [0.1, 0.15) is 18.1 Å². The molecule has 1 aliphatic heterocycles. The molecule has 150 valence electrons. The van der Waals surface area contributed by atoms with E-state index in [4.69, 9.17) is 9.47 Å². The maximum absolute atomic E-state index is 12.6. The Labute approximate surface area is 167 Å². The molecule has 1 N–H and O–H groups in total. The fourth-order valence-corrected chi connectivity index (χ4v) is 3.22. The van der Waals surface area contributed by atoms with Crippen molar-refractivity contribution in [2.75, 3.05) is 51.8 Å². The zero-order valence-electron chi connectivity index (χ0n) is 16.9. The van der Waals surface area contributed by atoms with Gasteiger partial charge in [0.2, 0.25) is 0 Å². The van der Waals surface area contributed by atoms with Gasteiger partial charge in [-0.3, -0.25) is 4.90 Å². The highest BCUT2D eigenvalue weighted by Gasteiger charge is 2.21. The molecule has 6 heteroatoms. The smallest absolute Gasteiger partial charge is 0.321 e. The molecule has 1 heterocycles. The SMILES string of the molecule is COc1ccc(OCCN2CCN(C(=O)Nc3cccc(C)c3C)CC2)cc1. The van der Waals surface area contributed by atoms with Crippen molar-refractivity contribution in [1.29, 1.82) is 0 Å². The highest BCUT2D eigenvalue weighted by molar-refractivity contribution is 5.90. The van der Waals surface area contributed by atoms with Crippen LogP contribution in [0.3, 0.4) is 0 Å². The second kappa shape index (κ2) is 9.46. The van der Waals surface area contributed by atoms with E-state index >= 15 is 0 Å². The lowest BCUT2D eigenvalue weighted by Gasteiger charge is -2.34. The Bertz CT molecular complexity index is 784. The maximum atomic E-state index is 12.6. The summed E-state index contributed by atoms with van der Waals surface area (Å²) in [5.41, 5.74) is 3.19. The zero-order valence-corrected chi connectivity index (χ0v) is 16.9. The first-order valence-electron chi connectivity index (χ1n) is 9.68. The van der Waals surface area contributed by atoms with Gasteiger partial charge in [-0.25, -0.2) is 4.79 Å². The van der Waals surface area contributed by atoms with Gasteiger partial charge in [-0.05, 0) is 55.3 Å². The van der Waals surface area contributed by atoms with Gasteiger partial charge in [0, 0.05) is 38.4 Å². The summed E-state index contributed by atoms with van der Waals surface area (Å²) in [6.07, 6.45) is 0. The van der Waals surface area contributed by atoms with Crippen molar-refractivity contribution in [1.82, 2.24) is 9.80 Å². The standard InChI is InChI=1S/C22H29N3O3/c1-17-5-4-6-21(18(17)2)23-22(26)25-13-11-24(12-14-25)15-16-28-20-9-7-19(27-3)8-10-20/h4-10H,11-16H2,1-3H3,(H,23,26). The largest absolute Gasteiger partial charge is 0.497 e. The van der Waals surface area contributed by atoms with Crippen molar-refractivity contribution in [3.8, 4) is 11.5 Å². The lowest BCUT2D eigenvalue weighted by Crippen LogP contribution is -2.50. The quantitative estimate of drug-likeness (QED) is 0.829. The number of carbonyl (C=O) groups excluding carboxylic acids is 1. The molecular formula is C22H29N3O3. The number of aryl methyl sites for hydroxylation is 1. The minimum atomic E-state index is -0.0252. The Morgan fingerprint density at radius 2 is 1.68 bits per heavy atom. The summed E-state index contributed by atoms with van der Waals surface area (Å²) in [7, 11) is 1.65. The Kier molecular flexibility index (Phi) is 6.76. The van der Waals surface area contributed by atoms with E-state index in [1.807, 2.05) is 48.2 Å². The van der Waals surface area contributed by atoms with Gasteiger partial charge in [0.25, 0.3) is 0 Å². The summed E-state index contributed by atoms with van der Waals surface area (Å²) in [6.45, 7) is 8.71. The molecule has 1 fully saturated rings. The number of nitrogens with zero attached hydrogens (tertiary/aromatic N) is 2. The van der Waals surface area contributed by atoms with Gasteiger partial charge in [-0.2, -0.15) is 0 Å². The molecule has 28 heavy (non-hydrogen) atoms. The Morgan fingerprint density at radius 3 is 2.36 bits per heavy atom. The highest BCUT2D eigenvalue weighted by Crippen LogP contribution is 2.19. The Hall–Kier alpha value is -2.73. The van der Waals surface area contributed by atoms with Crippen LogP contribution < -0.4 is 14.8 Å². The summed E-state index contributed by atoms with van der Waals surface area (Å²) in [4.78, 5) is 16.8. The molecule has 0 radical (unpaired) electrons. The van der Waals surface area contributed by atoms with Crippen LogP contribution in [-0.2, 0) is 0 Å². The average Bonchev–Trinajstić information content (AvgIpc) is 2.72. The van der Waals surface area contributed by atoms with Gasteiger partial charge in [0.15, 0.2) is 0 Å². The number of anilines is 1. The number of piperazine rings is 1. The molecule has 6 nitrogen and oxygen atoms in total. The molecule has 0 bridgehead atoms. The van der Waals surface area contributed by atoms with Crippen molar-refractivity contribution in [2.24, 2.45) is 0 Å². The molecule has 2 amide bonds. The van der Waals surface area contributed by atoms with Gasteiger partial charge >= 0.3 is 6.03 Å². The van der Waals surface area contributed by atoms with Crippen molar-refractivity contribution in [2.45, 2.75) is 13.8 Å². The summed E-state index contributed by atoms with van der Waals surface area (Å²) >= 11 is 0. The molecule has 2 aromatic rings. The van der Waals surface area contributed by atoms with Crippen LogP contribution in [0.5, 0.6) is 11.5 Å². The van der Waals surface area contributed by atoms with Crippen LogP contribution in [-0.4, -0.2) is 62.3 Å². The van der Waals surface area contributed by atoms with Crippen LogP contribution in [0, 0.1) is 13.8 Å². The molecular weight excluding hydrogens is 354 g/mol. The number of benzene rings is 2. The number of methoxy groups -OCH3 is 1.